The Labute approximate surface area is 175 Å². The third-order valence-electron chi connectivity index (χ3n) is 4.96. The molecule has 0 saturated carbocycles. The molecule has 2 aromatic rings. The summed E-state index contributed by atoms with van der Waals surface area (Å²) in [7, 11) is 0. The summed E-state index contributed by atoms with van der Waals surface area (Å²) in [4.78, 5) is 20.1. The molecular weight excluding hydrogens is 391 g/mol. The maximum absolute atomic E-state index is 14.7. The first-order valence-electron chi connectivity index (χ1n) is 9.79. The predicted octanol–water partition coefficient (Wildman–Crippen LogP) is 4.57. The molecule has 1 aromatic carbocycles. The Kier molecular flexibility index (Phi) is 6.14. The number of nitrogens with one attached hydrogen (secondary N) is 2. The fraction of sp³-hybridized carbons (Fsp3) is 0.524. The second kappa shape index (κ2) is 8.28. The zero-order chi connectivity index (χ0) is 21.3. The number of halogens is 1. The molecule has 0 unspecified atom stereocenters. The SMILES string of the molecule is Cc1nc(C(C)(C)NC(=O)Nc2ccc(N3C[C@@H](C)O[C@H](C)C3)c(F)c2)sc1C. The number of carbonyl (C=O) groups excluding carboxylic acids is 1. The van der Waals surface area contributed by atoms with E-state index in [0.717, 1.165) is 15.6 Å². The maximum atomic E-state index is 14.7. The van der Waals surface area contributed by atoms with Crippen molar-refractivity contribution >= 4 is 28.7 Å². The highest BCUT2D eigenvalue weighted by atomic mass is 32.1. The zero-order valence-corrected chi connectivity index (χ0v) is 18.6. The standard InChI is InChI=1S/C21H29FN4O2S/c1-12-10-26(11-13(2)28-12)18-8-7-16(9-17(18)22)24-20(27)25-21(5,6)19-23-14(3)15(4)29-19/h7-9,12-13H,10-11H2,1-6H3,(H2,24,25,27)/t12-,13-/m1/s1. The molecule has 0 aliphatic carbocycles. The molecular formula is C21H29FN4O2S. The van der Waals surface area contributed by atoms with Crippen molar-refractivity contribution in [2.45, 2.75) is 59.3 Å². The van der Waals surface area contributed by atoms with Crippen LogP contribution >= 0.6 is 11.3 Å². The Hall–Kier alpha value is -2.19. The number of hydrogen-bond acceptors (Lipinski definition) is 5. The number of urea groups is 1. The lowest BCUT2D eigenvalue weighted by molar-refractivity contribution is -0.00539. The number of morpholine rings is 1. The normalized spacial score (nSPS) is 19.9. The van der Waals surface area contributed by atoms with Crippen molar-refractivity contribution in [1.82, 2.24) is 10.3 Å². The monoisotopic (exact) mass is 420 g/mol. The van der Waals surface area contributed by atoms with Gasteiger partial charge < -0.3 is 20.3 Å². The average Bonchev–Trinajstić information content (AvgIpc) is 2.93. The Balaban J connectivity index is 1.67. The average molecular weight is 421 g/mol. The van der Waals surface area contributed by atoms with Gasteiger partial charge in [0.1, 0.15) is 10.8 Å². The van der Waals surface area contributed by atoms with E-state index in [9.17, 15) is 9.18 Å². The van der Waals surface area contributed by atoms with Gasteiger partial charge in [-0.2, -0.15) is 0 Å². The Bertz CT molecular complexity index is 869. The van der Waals surface area contributed by atoms with Gasteiger partial charge in [0.15, 0.2) is 0 Å². The minimum absolute atomic E-state index is 0.0436. The van der Waals surface area contributed by atoms with Crippen LogP contribution < -0.4 is 15.5 Å². The number of amides is 2. The van der Waals surface area contributed by atoms with Gasteiger partial charge >= 0.3 is 6.03 Å². The summed E-state index contributed by atoms with van der Waals surface area (Å²) in [6, 6.07) is 4.37. The van der Waals surface area contributed by atoms with Crippen molar-refractivity contribution < 1.29 is 13.9 Å². The second-order valence-electron chi connectivity index (χ2n) is 8.19. The molecule has 6 nitrogen and oxygen atoms in total. The van der Waals surface area contributed by atoms with Crippen molar-refractivity contribution in [3.8, 4) is 0 Å². The van der Waals surface area contributed by atoms with Crippen LogP contribution in [-0.2, 0) is 10.3 Å². The summed E-state index contributed by atoms with van der Waals surface area (Å²) in [5, 5.41) is 6.47. The van der Waals surface area contributed by atoms with Crippen LogP contribution in [0.3, 0.4) is 0 Å². The first-order valence-corrected chi connectivity index (χ1v) is 10.6. The van der Waals surface area contributed by atoms with E-state index in [0.29, 0.717) is 24.5 Å². The van der Waals surface area contributed by atoms with Crippen molar-refractivity contribution in [1.29, 1.82) is 0 Å². The molecule has 0 spiro atoms. The molecule has 8 heteroatoms. The van der Waals surface area contributed by atoms with E-state index in [-0.39, 0.29) is 18.0 Å². The van der Waals surface area contributed by atoms with Crippen LogP contribution in [0.4, 0.5) is 20.6 Å². The smallest absolute Gasteiger partial charge is 0.319 e. The van der Waals surface area contributed by atoms with E-state index in [1.165, 1.54) is 6.07 Å². The molecule has 2 N–H and O–H groups in total. The van der Waals surface area contributed by atoms with Crippen LogP contribution in [-0.4, -0.2) is 36.3 Å². The van der Waals surface area contributed by atoms with Crippen LogP contribution in [0.2, 0.25) is 0 Å². The van der Waals surface area contributed by atoms with Crippen molar-refractivity contribution in [2.24, 2.45) is 0 Å². The van der Waals surface area contributed by atoms with E-state index in [2.05, 4.69) is 15.6 Å². The minimum atomic E-state index is -0.633. The van der Waals surface area contributed by atoms with Crippen LogP contribution in [0.15, 0.2) is 18.2 Å². The third kappa shape index (κ3) is 5.05. The highest BCUT2D eigenvalue weighted by molar-refractivity contribution is 7.11. The van der Waals surface area contributed by atoms with Gasteiger partial charge in [-0.05, 0) is 59.7 Å². The topological polar surface area (TPSA) is 66.5 Å². The summed E-state index contributed by atoms with van der Waals surface area (Å²) in [6.07, 6.45) is 0.0872. The van der Waals surface area contributed by atoms with Crippen LogP contribution in [0.5, 0.6) is 0 Å². The highest BCUT2D eigenvalue weighted by Crippen LogP contribution is 2.28. The maximum Gasteiger partial charge on any atom is 0.319 e. The van der Waals surface area contributed by atoms with E-state index in [4.69, 9.17) is 4.74 Å². The van der Waals surface area contributed by atoms with Crippen LogP contribution in [0.25, 0.3) is 0 Å². The number of anilines is 2. The molecule has 3 rings (SSSR count). The predicted molar refractivity (Wildman–Crippen MR) is 115 cm³/mol. The number of nitrogens with zero attached hydrogens (tertiary/aromatic N) is 2. The number of aryl methyl sites for hydroxylation is 2. The van der Waals surface area contributed by atoms with E-state index >= 15 is 0 Å². The largest absolute Gasteiger partial charge is 0.372 e. The van der Waals surface area contributed by atoms with Gasteiger partial charge in [0.2, 0.25) is 0 Å². The molecule has 2 heterocycles. The van der Waals surface area contributed by atoms with Gasteiger partial charge in [0.25, 0.3) is 0 Å². The number of benzene rings is 1. The number of rotatable bonds is 4. The lowest BCUT2D eigenvalue weighted by Gasteiger charge is -2.37. The second-order valence-corrected chi connectivity index (χ2v) is 9.40. The van der Waals surface area contributed by atoms with Gasteiger partial charge in [-0.25, -0.2) is 14.2 Å². The van der Waals surface area contributed by atoms with Crippen molar-refractivity contribution in [2.75, 3.05) is 23.3 Å². The summed E-state index contributed by atoms with van der Waals surface area (Å²) in [6.45, 7) is 13.0. The Morgan fingerprint density at radius 2 is 1.93 bits per heavy atom. The van der Waals surface area contributed by atoms with Crippen molar-refractivity contribution in [3.05, 3.63) is 39.6 Å². The van der Waals surface area contributed by atoms with Gasteiger partial charge in [0, 0.05) is 23.7 Å². The third-order valence-corrected chi connectivity index (χ3v) is 6.35. The molecule has 2 amide bonds. The minimum Gasteiger partial charge on any atom is -0.372 e. The Morgan fingerprint density at radius 1 is 1.28 bits per heavy atom. The first kappa shape index (κ1) is 21.5. The molecule has 0 radical (unpaired) electrons. The number of ether oxygens (including phenoxy) is 1. The van der Waals surface area contributed by atoms with Gasteiger partial charge in [0.05, 0.1) is 29.1 Å². The van der Waals surface area contributed by atoms with E-state index in [1.807, 2.05) is 46.4 Å². The summed E-state index contributed by atoms with van der Waals surface area (Å²) >= 11 is 1.56. The summed E-state index contributed by atoms with van der Waals surface area (Å²) in [5.41, 5.74) is 1.25. The molecule has 2 atom stereocenters. The molecule has 1 aromatic heterocycles. The lowest BCUT2D eigenvalue weighted by Crippen LogP contribution is -2.45. The first-order chi connectivity index (χ1) is 13.5. The zero-order valence-electron chi connectivity index (χ0n) is 17.8. The highest BCUT2D eigenvalue weighted by Gasteiger charge is 2.28. The molecule has 0 bridgehead atoms. The number of aromatic nitrogens is 1. The van der Waals surface area contributed by atoms with E-state index in [1.54, 1.807) is 23.5 Å². The quantitative estimate of drug-likeness (QED) is 0.760. The number of thiazole rings is 1. The lowest BCUT2D eigenvalue weighted by atomic mass is 10.1. The van der Waals surface area contributed by atoms with Crippen LogP contribution in [0.1, 0.15) is 43.3 Å². The molecule has 29 heavy (non-hydrogen) atoms. The molecule has 1 aliphatic heterocycles. The van der Waals surface area contributed by atoms with Gasteiger partial charge in [-0.15, -0.1) is 11.3 Å². The van der Waals surface area contributed by atoms with Gasteiger partial charge in [-0.3, -0.25) is 0 Å². The summed E-state index contributed by atoms with van der Waals surface area (Å²) < 4.78 is 20.4. The molecule has 158 valence electrons. The van der Waals surface area contributed by atoms with Crippen molar-refractivity contribution in [3.63, 3.8) is 0 Å². The van der Waals surface area contributed by atoms with Crippen LogP contribution in [0, 0.1) is 19.7 Å². The molecule has 1 aliphatic rings. The molecule has 1 saturated heterocycles. The summed E-state index contributed by atoms with van der Waals surface area (Å²) in [5.74, 6) is -0.366. The fourth-order valence-corrected chi connectivity index (χ4v) is 4.43. The fourth-order valence-electron chi connectivity index (χ4n) is 3.46. The molecule has 1 fully saturated rings. The number of hydrogen-bond donors (Lipinski definition) is 2. The van der Waals surface area contributed by atoms with E-state index < -0.39 is 11.6 Å². The van der Waals surface area contributed by atoms with Gasteiger partial charge in [-0.1, -0.05) is 0 Å². The Morgan fingerprint density at radius 3 is 2.48 bits per heavy atom. The number of carbonyl (C=O) groups is 1.